The summed E-state index contributed by atoms with van der Waals surface area (Å²) in [5, 5.41) is 0. The molecule has 0 aliphatic rings. The van der Waals surface area contributed by atoms with Crippen molar-refractivity contribution in [2.75, 3.05) is 25.0 Å². The molecular formula is C24H23NO7S. The van der Waals surface area contributed by atoms with Crippen molar-refractivity contribution in [3.05, 3.63) is 83.9 Å². The van der Waals surface area contributed by atoms with Crippen LogP contribution in [0.4, 0.5) is 5.69 Å². The number of nitrogens with one attached hydrogen (secondary N) is 1. The maximum Gasteiger partial charge on any atom is 0.338 e. The third-order valence-corrected chi connectivity index (χ3v) is 5.92. The number of ether oxygens (including phenoxy) is 3. The predicted molar refractivity (Wildman–Crippen MR) is 122 cm³/mol. The van der Waals surface area contributed by atoms with Gasteiger partial charge in [0.25, 0.3) is 10.0 Å². The lowest BCUT2D eigenvalue weighted by molar-refractivity contribution is 0.0474. The van der Waals surface area contributed by atoms with Gasteiger partial charge in [0.15, 0.2) is 12.4 Å². The Morgan fingerprint density at radius 1 is 0.879 bits per heavy atom. The molecule has 1 N–H and O–H groups in total. The molecule has 0 saturated carbocycles. The molecule has 172 valence electrons. The van der Waals surface area contributed by atoms with Crippen molar-refractivity contribution in [3.8, 4) is 11.5 Å². The van der Waals surface area contributed by atoms with Crippen LogP contribution in [0.25, 0.3) is 0 Å². The van der Waals surface area contributed by atoms with E-state index < -0.39 is 28.4 Å². The molecule has 9 heteroatoms. The first-order valence-corrected chi connectivity index (χ1v) is 11.5. The highest BCUT2D eigenvalue weighted by molar-refractivity contribution is 7.92. The average molecular weight is 470 g/mol. The summed E-state index contributed by atoms with van der Waals surface area (Å²) in [6.07, 6.45) is 0. The Morgan fingerprint density at radius 2 is 1.55 bits per heavy atom. The second-order valence-electron chi connectivity index (χ2n) is 6.82. The summed E-state index contributed by atoms with van der Waals surface area (Å²) in [5.74, 6) is 0.0157. The summed E-state index contributed by atoms with van der Waals surface area (Å²) in [6.45, 7) is 1.89. The number of methoxy groups -OCH3 is 1. The van der Waals surface area contributed by atoms with Gasteiger partial charge in [-0.15, -0.1) is 0 Å². The maximum atomic E-state index is 12.7. The van der Waals surface area contributed by atoms with E-state index in [4.69, 9.17) is 14.2 Å². The fourth-order valence-corrected chi connectivity index (χ4v) is 3.97. The lowest BCUT2D eigenvalue weighted by atomic mass is 10.1. The van der Waals surface area contributed by atoms with E-state index in [0.29, 0.717) is 29.4 Å². The van der Waals surface area contributed by atoms with Crippen LogP contribution >= 0.6 is 0 Å². The Balaban J connectivity index is 1.65. The molecule has 0 unspecified atom stereocenters. The molecular weight excluding hydrogens is 446 g/mol. The Hall–Kier alpha value is -3.85. The number of hydrogen-bond acceptors (Lipinski definition) is 7. The molecule has 3 rings (SSSR count). The number of benzene rings is 3. The molecule has 0 aliphatic carbocycles. The largest absolute Gasteiger partial charge is 0.497 e. The molecule has 0 spiro atoms. The number of anilines is 1. The van der Waals surface area contributed by atoms with Crippen LogP contribution in [0.2, 0.25) is 0 Å². The minimum Gasteiger partial charge on any atom is -0.497 e. The molecule has 8 nitrogen and oxygen atoms in total. The maximum absolute atomic E-state index is 12.7. The Morgan fingerprint density at radius 3 is 2.18 bits per heavy atom. The van der Waals surface area contributed by atoms with Gasteiger partial charge in [0.2, 0.25) is 0 Å². The van der Waals surface area contributed by atoms with Gasteiger partial charge in [-0.05, 0) is 73.7 Å². The molecule has 33 heavy (non-hydrogen) atoms. The quantitative estimate of drug-likeness (QED) is 0.354. The first-order chi connectivity index (χ1) is 15.8. The summed E-state index contributed by atoms with van der Waals surface area (Å²) in [4.78, 5) is 24.6. The van der Waals surface area contributed by atoms with Gasteiger partial charge in [-0.2, -0.15) is 0 Å². The fourth-order valence-electron chi connectivity index (χ4n) is 2.86. The number of hydrogen-bond donors (Lipinski definition) is 1. The van der Waals surface area contributed by atoms with E-state index in [1.807, 2.05) is 6.92 Å². The van der Waals surface area contributed by atoms with Gasteiger partial charge in [-0.3, -0.25) is 9.52 Å². The van der Waals surface area contributed by atoms with Crippen molar-refractivity contribution >= 4 is 27.5 Å². The average Bonchev–Trinajstić information content (AvgIpc) is 2.83. The number of Topliss-reactive ketones (excluding diaryl/α,β-unsaturated/α-hetero) is 1. The van der Waals surface area contributed by atoms with Crippen molar-refractivity contribution in [1.82, 2.24) is 0 Å². The van der Waals surface area contributed by atoms with Crippen molar-refractivity contribution < 1.29 is 32.2 Å². The van der Waals surface area contributed by atoms with E-state index in [1.54, 1.807) is 48.5 Å². The van der Waals surface area contributed by atoms with Crippen molar-refractivity contribution in [2.24, 2.45) is 0 Å². The number of carbonyl (C=O) groups excluding carboxylic acids is 2. The molecule has 0 bridgehead atoms. The second kappa shape index (κ2) is 10.6. The van der Waals surface area contributed by atoms with Crippen LogP contribution in [0.15, 0.2) is 77.7 Å². The molecule has 0 aliphatic heterocycles. The molecule has 0 atom stereocenters. The van der Waals surface area contributed by atoms with E-state index in [2.05, 4.69) is 4.72 Å². The van der Waals surface area contributed by atoms with Crippen LogP contribution in [0.5, 0.6) is 11.5 Å². The molecule has 0 amide bonds. The predicted octanol–water partition coefficient (Wildman–Crippen LogP) is 3.93. The molecule has 0 fully saturated rings. The van der Waals surface area contributed by atoms with Gasteiger partial charge in [0.05, 0.1) is 24.2 Å². The van der Waals surface area contributed by atoms with E-state index in [-0.39, 0.29) is 10.5 Å². The topological polar surface area (TPSA) is 108 Å². The van der Waals surface area contributed by atoms with Crippen LogP contribution in [0, 0.1) is 0 Å². The van der Waals surface area contributed by atoms with E-state index in [0.717, 1.165) is 0 Å². The highest BCUT2D eigenvalue weighted by atomic mass is 32.2. The normalized spacial score (nSPS) is 10.8. The number of rotatable bonds is 10. The number of sulfonamides is 1. The highest BCUT2D eigenvalue weighted by Crippen LogP contribution is 2.20. The van der Waals surface area contributed by atoms with Crippen LogP contribution < -0.4 is 14.2 Å². The molecule has 0 aromatic heterocycles. The molecule has 0 saturated heterocycles. The standard InChI is InChI=1S/C24H23NO7S/c1-3-31-21-11-7-17(8-12-21)23(26)16-32-24(27)18-5-4-6-22(15-18)33(28,29)25-19-9-13-20(30-2)14-10-19/h4-15,25H,3,16H2,1-2H3. The number of ketones is 1. The van der Waals surface area contributed by atoms with Gasteiger partial charge in [-0.1, -0.05) is 6.07 Å². The van der Waals surface area contributed by atoms with Gasteiger partial charge >= 0.3 is 5.97 Å². The first kappa shape index (κ1) is 23.8. The van der Waals surface area contributed by atoms with Crippen molar-refractivity contribution in [3.63, 3.8) is 0 Å². The highest BCUT2D eigenvalue weighted by Gasteiger charge is 2.18. The molecule has 0 radical (unpaired) electrons. The zero-order chi connectivity index (χ0) is 23.8. The van der Waals surface area contributed by atoms with Crippen molar-refractivity contribution in [1.29, 1.82) is 0 Å². The fraction of sp³-hybridized carbons (Fsp3) is 0.167. The third kappa shape index (κ3) is 6.33. The third-order valence-electron chi connectivity index (χ3n) is 4.54. The summed E-state index contributed by atoms with van der Waals surface area (Å²) < 4.78 is 43.3. The zero-order valence-corrected chi connectivity index (χ0v) is 18.9. The van der Waals surface area contributed by atoms with Crippen LogP contribution in [-0.2, 0) is 14.8 Å². The van der Waals surface area contributed by atoms with E-state index in [9.17, 15) is 18.0 Å². The van der Waals surface area contributed by atoms with Crippen LogP contribution in [-0.4, -0.2) is 40.5 Å². The van der Waals surface area contributed by atoms with E-state index in [1.165, 1.54) is 31.4 Å². The van der Waals surface area contributed by atoms with Crippen molar-refractivity contribution in [2.45, 2.75) is 11.8 Å². The minimum absolute atomic E-state index is 0.00657. The Kier molecular flexibility index (Phi) is 7.68. The molecule has 3 aromatic carbocycles. The van der Waals surface area contributed by atoms with Gasteiger partial charge in [-0.25, -0.2) is 13.2 Å². The first-order valence-electron chi connectivity index (χ1n) is 10.0. The van der Waals surface area contributed by atoms with Gasteiger partial charge in [0.1, 0.15) is 11.5 Å². The van der Waals surface area contributed by atoms with Crippen LogP contribution in [0.3, 0.4) is 0 Å². The molecule has 3 aromatic rings. The smallest absolute Gasteiger partial charge is 0.338 e. The van der Waals surface area contributed by atoms with E-state index >= 15 is 0 Å². The lowest BCUT2D eigenvalue weighted by Crippen LogP contribution is -2.16. The number of esters is 1. The monoisotopic (exact) mass is 469 g/mol. The molecule has 0 heterocycles. The zero-order valence-electron chi connectivity index (χ0n) is 18.1. The minimum atomic E-state index is -3.95. The lowest BCUT2D eigenvalue weighted by Gasteiger charge is -2.10. The van der Waals surface area contributed by atoms with Gasteiger partial charge < -0.3 is 14.2 Å². The summed E-state index contributed by atoms with van der Waals surface area (Å²) >= 11 is 0. The summed E-state index contributed by atoms with van der Waals surface area (Å²) in [7, 11) is -2.44. The Labute approximate surface area is 192 Å². The number of carbonyl (C=O) groups is 2. The summed E-state index contributed by atoms with van der Waals surface area (Å²) in [5.41, 5.74) is 0.711. The van der Waals surface area contributed by atoms with Crippen LogP contribution in [0.1, 0.15) is 27.6 Å². The Bertz CT molecular complexity index is 1220. The second-order valence-corrected chi connectivity index (χ2v) is 8.50. The SMILES string of the molecule is CCOc1ccc(C(=O)COC(=O)c2cccc(S(=O)(=O)Nc3ccc(OC)cc3)c2)cc1. The summed E-state index contributed by atoms with van der Waals surface area (Å²) in [6, 6.07) is 18.2. The van der Waals surface area contributed by atoms with Gasteiger partial charge in [0, 0.05) is 11.3 Å².